The van der Waals surface area contributed by atoms with Gasteiger partial charge in [0.25, 0.3) is 10.0 Å². The normalized spacial score (nSPS) is 11.9. The number of carbonyl (C=O) groups excluding carboxylic acids is 2. The van der Waals surface area contributed by atoms with E-state index in [-0.39, 0.29) is 29.5 Å². The van der Waals surface area contributed by atoms with E-state index in [0.29, 0.717) is 11.6 Å². The fraction of sp³-hybridized carbons (Fsp3) is 0.235. The smallest absolute Gasteiger partial charge is 0.264 e. The number of benzene rings is 4. The van der Waals surface area contributed by atoms with Gasteiger partial charge in [0.1, 0.15) is 12.6 Å². The Kier molecular flexibility index (Phi) is 12.0. The summed E-state index contributed by atoms with van der Waals surface area (Å²) in [4.78, 5) is 29.7. The van der Waals surface area contributed by atoms with Crippen LogP contribution in [0.5, 0.6) is 0 Å². The van der Waals surface area contributed by atoms with Gasteiger partial charge in [-0.25, -0.2) is 8.42 Å². The minimum Gasteiger partial charge on any atom is -0.354 e. The quantitative estimate of drug-likeness (QED) is 0.146. The minimum atomic E-state index is -4.16. The Balaban J connectivity index is 1.78. The molecule has 0 radical (unpaired) electrons. The summed E-state index contributed by atoms with van der Waals surface area (Å²) in [6.07, 6.45) is 1.95. The van der Waals surface area contributed by atoms with Gasteiger partial charge in [0.05, 0.1) is 10.6 Å². The zero-order valence-electron chi connectivity index (χ0n) is 24.4. The van der Waals surface area contributed by atoms with Crippen molar-refractivity contribution in [2.24, 2.45) is 0 Å². The summed E-state index contributed by atoms with van der Waals surface area (Å²) in [5.41, 5.74) is 1.94. The topological polar surface area (TPSA) is 86.8 Å². The first-order chi connectivity index (χ1) is 21.2. The van der Waals surface area contributed by atoms with Gasteiger partial charge in [-0.1, -0.05) is 102 Å². The van der Waals surface area contributed by atoms with Crippen LogP contribution in [0.1, 0.15) is 30.9 Å². The molecule has 0 aromatic heterocycles. The molecule has 0 fully saturated rings. The Bertz CT molecular complexity index is 1640. The number of carbonyl (C=O) groups is 2. The van der Waals surface area contributed by atoms with Gasteiger partial charge < -0.3 is 10.2 Å². The van der Waals surface area contributed by atoms with E-state index in [2.05, 4.69) is 21.2 Å². The number of rotatable bonds is 14. The molecule has 0 saturated carbocycles. The summed E-state index contributed by atoms with van der Waals surface area (Å²) in [5.74, 6) is -0.819. The zero-order chi connectivity index (χ0) is 31.5. The van der Waals surface area contributed by atoms with Crippen LogP contribution in [-0.2, 0) is 32.6 Å². The molecule has 0 unspecified atom stereocenters. The first-order valence-corrected chi connectivity index (χ1v) is 17.0. The van der Waals surface area contributed by atoms with Crippen LogP contribution < -0.4 is 9.62 Å². The van der Waals surface area contributed by atoms with Crippen molar-refractivity contribution < 1.29 is 18.0 Å². The number of anilines is 1. The Morgan fingerprint density at radius 3 is 2.14 bits per heavy atom. The van der Waals surface area contributed by atoms with Crippen LogP contribution in [0.25, 0.3) is 0 Å². The maximum atomic E-state index is 14.4. The number of amides is 2. The monoisotopic (exact) mass is 695 g/mol. The maximum absolute atomic E-state index is 14.4. The summed E-state index contributed by atoms with van der Waals surface area (Å²) in [6.45, 7) is 2.07. The molecule has 7 nitrogen and oxygen atoms in total. The van der Waals surface area contributed by atoms with Gasteiger partial charge in [0.2, 0.25) is 11.8 Å². The Morgan fingerprint density at radius 2 is 1.50 bits per heavy atom. The highest BCUT2D eigenvalue weighted by Gasteiger charge is 2.34. The molecule has 10 heteroatoms. The fourth-order valence-electron chi connectivity index (χ4n) is 4.75. The van der Waals surface area contributed by atoms with Gasteiger partial charge in [0, 0.05) is 29.0 Å². The lowest BCUT2D eigenvalue weighted by Crippen LogP contribution is -2.53. The van der Waals surface area contributed by atoms with Crippen molar-refractivity contribution in [3.63, 3.8) is 0 Å². The molecule has 0 aliphatic heterocycles. The van der Waals surface area contributed by atoms with Crippen LogP contribution in [0, 0.1) is 0 Å². The first kappa shape index (κ1) is 33.2. The summed E-state index contributed by atoms with van der Waals surface area (Å²) < 4.78 is 29.9. The van der Waals surface area contributed by atoms with Gasteiger partial charge in [0.15, 0.2) is 0 Å². The molecule has 0 aliphatic carbocycles. The van der Waals surface area contributed by atoms with Crippen molar-refractivity contribution in [3.05, 3.63) is 130 Å². The fourth-order valence-corrected chi connectivity index (χ4v) is 6.76. The molecule has 44 heavy (non-hydrogen) atoms. The van der Waals surface area contributed by atoms with Gasteiger partial charge in [-0.05, 0) is 66.1 Å². The van der Waals surface area contributed by atoms with Crippen LogP contribution in [0.4, 0.5) is 5.69 Å². The van der Waals surface area contributed by atoms with E-state index in [1.54, 1.807) is 42.5 Å². The second kappa shape index (κ2) is 15.9. The summed E-state index contributed by atoms with van der Waals surface area (Å²) in [6, 6.07) is 30.3. The minimum absolute atomic E-state index is 0.0411. The first-order valence-electron chi connectivity index (χ1n) is 14.4. The standard InChI is InChI=1S/C34H35BrClN3O4S/c1-2-3-21-37-34(41)32(23-26-11-6-4-7-12-26)38(24-27-13-10-14-28(35)22-27)33(40)25-39(30-19-17-29(36)18-20-30)44(42,43)31-15-8-5-9-16-31/h4-20,22,32H,2-3,21,23-25H2,1H3,(H,37,41)/t32-/m0/s1. The predicted octanol–water partition coefficient (Wildman–Crippen LogP) is 6.85. The lowest BCUT2D eigenvalue weighted by atomic mass is 10.0. The van der Waals surface area contributed by atoms with E-state index in [4.69, 9.17) is 11.6 Å². The average Bonchev–Trinajstić information content (AvgIpc) is 3.03. The van der Waals surface area contributed by atoms with Crippen LogP contribution in [0.3, 0.4) is 0 Å². The molecular formula is C34H35BrClN3O4S. The van der Waals surface area contributed by atoms with E-state index in [9.17, 15) is 18.0 Å². The van der Waals surface area contributed by atoms with Crippen molar-refractivity contribution in [1.82, 2.24) is 10.2 Å². The van der Waals surface area contributed by atoms with Crippen LogP contribution >= 0.6 is 27.5 Å². The number of nitrogens with one attached hydrogen (secondary N) is 1. The zero-order valence-corrected chi connectivity index (χ0v) is 27.6. The van der Waals surface area contributed by atoms with Gasteiger partial charge in [-0.3, -0.25) is 13.9 Å². The highest BCUT2D eigenvalue weighted by molar-refractivity contribution is 9.10. The predicted molar refractivity (Wildman–Crippen MR) is 179 cm³/mol. The lowest BCUT2D eigenvalue weighted by Gasteiger charge is -2.34. The van der Waals surface area contributed by atoms with Crippen LogP contribution in [0.15, 0.2) is 119 Å². The van der Waals surface area contributed by atoms with Crippen LogP contribution in [-0.4, -0.2) is 44.3 Å². The van der Waals surface area contributed by atoms with Gasteiger partial charge >= 0.3 is 0 Å². The number of nitrogens with zero attached hydrogens (tertiary/aromatic N) is 2. The molecular weight excluding hydrogens is 662 g/mol. The third-order valence-corrected chi connectivity index (χ3v) is 9.60. The van der Waals surface area contributed by atoms with E-state index in [1.807, 2.05) is 61.5 Å². The molecule has 0 bridgehead atoms. The van der Waals surface area contributed by atoms with Crippen molar-refractivity contribution >= 4 is 55.1 Å². The average molecular weight is 697 g/mol. The van der Waals surface area contributed by atoms with Gasteiger partial charge in [-0.2, -0.15) is 0 Å². The largest absolute Gasteiger partial charge is 0.354 e. The van der Waals surface area contributed by atoms with E-state index < -0.39 is 28.5 Å². The summed E-state index contributed by atoms with van der Waals surface area (Å²) in [5, 5.41) is 3.43. The van der Waals surface area contributed by atoms with Crippen molar-refractivity contribution in [2.45, 2.75) is 43.7 Å². The summed E-state index contributed by atoms with van der Waals surface area (Å²) >= 11 is 9.62. The third kappa shape index (κ3) is 8.94. The Labute approximate surface area is 273 Å². The molecule has 1 atom stereocenters. The van der Waals surface area contributed by atoms with Gasteiger partial charge in [-0.15, -0.1) is 0 Å². The molecule has 1 N–H and O–H groups in total. The lowest BCUT2D eigenvalue weighted by molar-refractivity contribution is -0.140. The third-order valence-electron chi connectivity index (χ3n) is 7.07. The number of hydrogen-bond donors (Lipinski definition) is 1. The van der Waals surface area contributed by atoms with Crippen molar-refractivity contribution in [2.75, 3.05) is 17.4 Å². The second-order valence-corrected chi connectivity index (χ2v) is 13.5. The number of sulfonamides is 1. The number of halogens is 2. The molecule has 2 amide bonds. The van der Waals surface area contributed by atoms with E-state index in [0.717, 1.165) is 32.7 Å². The number of hydrogen-bond acceptors (Lipinski definition) is 4. The van der Waals surface area contributed by atoms with Crippen LogP contribution in [0.2, 0.25) is 5.02 Å². The number of unbranched alkanes of at least 4 members (excludes halogenated alkanes) is 1. The molecule has 4 aromatic rings. The van der Waals surface area contributed by atoms with E-state index >= 15 is 0 Å². The van der Waals surface area contributed by atoms with E-state index in [1.165, 1.54) is 17.0 Å². The maximum Gasteiger partial charge on any atom is 0.264 e. The highest BCUT2D eigenvalue weighted by atomic mass is 79.9. The second-order valence-electron chi connectivity index (χ2n) is 10.3. The molecule has 0 heterocycles. The Hall–Kier alpha value is -3.66. The molecule has 4 aromatic carbocycles. The Morgan fingerprint density at radius 1 is 0.864 bits per heavy atom. The molecule has 0 aliphatic rings. The summed E-state index contributed by atoms with van der Waals surface area (Å²) in [7, 11) is -4.16. The highest BCUT2D eigenvalue weighted by Crippen LogP contribution is 2.26. The van der Waals surface area contributed by atoms with Crippen molar-refractivity contribution in [1.29, 1.82) is 0 Å². The molecule has 0 saturated heterocycles. The molecule has 0 spiro atoms. The molecule has 230 valence electrons. The SMILES string of the molecule is CCCCNC(=O)[C@H](Cc1ccccc1)N(Cc1cccc(Br)c1)C(=O)CN(c1ccc(Cl)cc1)S(=O)(=O)c1ccccc1. The molecule has 4 rings (SSSR count). The van der Waals surface area contributed by atoms with Crippen molar-refractivity contribution in [3.8, 4) is 0 Å².